The van der Waals surface area contributed by atoms with Gasteiger partial charge in [0.2, 0.25) is 11.8 Å². The number of nitrogens with one attached hydrogen (secondary N) is 2. The van der Waals surface area contributed by atoms with Crippen molar-refractivity contribution in [3.05, 3.63) is 34.9 Å². The number of hydrogen-bond acceptors (Lipinski definition) is 6. The van der Waals surface area contributed by atoms with Gasteiger partial charge in [-0.25, -0.2) is 4.79 Å². The van der Waals surface area contributed by atoms with Crippen molar-refractivity contribution in [2.24, 2.45) is 0 Å². The predicted molar refractivity (Wildman–Crippen MR) is 133 cm³/mol. The number of hydrogen-bond donors (Lipinski definition) is 4. The van der Waals surface area contributed by atoms with Crippen molar-refractivity contribution in [3.8, 4) is 0 Å². The first-order valence-corrected chi connectivity index (χ1v) is 12.4. The van der Waals surface area contributed by atoms with Crippen molar-refractivity contribution in [3.63, 3.8) is 0 Å². The maximum Gasteiger partial charge on any atom is 0.408 e. The lowest BCUT2D eigenvalue weighted by Gasteiger charge is -2.35. The number of benzene rings is 1. The summed E-state index contributed by atoms with van der Waals surface area (Å²) in [5.74, 6) is -1.03. The van der Waals surface area contributed by atoms with Crippen molar-refractivity contribution < 1.29 is 29.3 Å². The number of ether oxygens (including phenoxy) is 1. The molecule has 1 fully saturated rings. The Labute approximate surface area is 208 Å². The van der Waals surface area contributed by atoms with Crippen LogP contribution in [0.25, 0.3) is 0 Å². The molecular weight excluding hydrogens is 450 g/mol. The van der Waals surface area contributed by atoms with Crippen molar-refractivity contribution in [2.75, 3.05) is 19.8 Å². The van der Waals surface area contributed by atoms with Crippen LogP contribution in [-0.2, 0) is 14.3 Å². The van der Waals surface area contributed by atoms with E-state index in [2.05, 4.69) is 10.6 Å². The van der Waals surface area contributed by atoms with Gasteiger partial charge in [-0.15, -0.1) is 0 Å². The second kappa shape index (κ2) is 12.9. The Morgan fingerprint density at radius 1 is 1.11 bits per heavy atom. The Balaban J connectivity index is 2.41. The van der Waals surface area contributed by atoms with Crippen molar-refractivity contribution in [2.45, 2.75) is 90.4 Å². The molecule has 2 atom stereocenters. The minimum atomic E-state index is -1.34. The molecule has 1 aromatic carbocycles. The molecule has 1 aliphatic carbocycles. The van der Waals surface area contributed by atoms with Crippen LogP contribution in [0, 0.1) is 13.8 Å². The first-order chi connectivity index (χ1) is 16.5. The molecule has 0 aromatic heterocycles. The number of aryl methyl sites for hydroxylation is 1. The molecule has 0 bridgehead atoms. The van der Waals surface area contributed by atoms with Gasteiger partial charge >= 0.3 is 6.09 Å². The Bertz CT molecular complexity index is 876. The summed E-state index contributed by atoms with van der Waals surface area (Å²) < 4.78 is 5.23. The lowest BCUT2D eigenvalue weighted by molar-refractivity contribution is -0.144. The molecule has 0 spiro atoms. The number of amides is 3. The van der Waals surface area contributed by atoms with Crippen LogP contribution in [0.2, 0.25) is 0 Å². The quantitative estimate of drug-likeness (QED) is 0.420. The molecule has 2 unspecified atom stereocenters. The number of carbonyl (C=O) groups is 3. The van der Waals surface area contributed by atoms with E-state index in [1.54, 1.807) is 26.8 Å². The van der Waals surface area contributed by atoms with E-state index in [9.17, 15) is 24.6 Å². The Hall–Kier alpha value is -2.65. The van der Waals surface area contributed by atoms with E-state index in [1.165, 1.54) is 4.90 Å². The molecule has 1 aliphatic rings. The van der Waals surface area contributed by atoms with Crippen LogP contribution < -0.4 is 10.6 Å². The predicted octanol–water partition coefficient (Wildman–Crippen LogP) is 2.50. The Morgan fingerprint density at radius 2 is 1.77 bits per heavy atom. The second-order valence-corrected chi connectivity index (χ2v) is 10.2. The monoisotopic (exact) mass is 491 g/mol. The van der Waals surface area contributed by atoms with Gasteiger partial charge in [-0.1, -0.05) is 37.5 Å². The fourth-order valence-electron chi connectivity index (χ4n) is 4.36. The largest absolute Gasteiger partial charge is 0.444 e. The molecule has 9 nitrogen and oxygen atoms in total. The highest BCUT2D eigenvalue weighted by Crippen LogP contribution is 2.28. The highest BCUT2D eigenvalue weighted by molar-refractivity contribution is 5.92. The molecule has 1 aromatic rings. The van der Waals surface area contributed by atoms with Gasteiger partial charge in [0.15, 0.2) is 0 Å². The van der Waals surface area contributed by atoms with E-state index in [0.29, 0.717) is 5.56 Å². The van der Waals surface area contributed by atoms with Gasteiger partial charge < -0.3 is 30.5 Å². The third-order valence-corrected chi connectivity index (χ3v) is 6.25. The number of carbonyl (C=O) groups excluding carboxylic acids is 3. The molecule has 0 radical (unpaired) electrons. The highest BCUT2D eigenvalue weighted by Gasteiger charge is 2.37. The fourth-order valence-corrected chi connectivity index (χ4v) is 4.36. The summed E-state index contributed by atoms with van der Waals surface area (Å²) in [7, 11) is 0. The SMILES string of the molecule is Cc1cccc(C(C(=O)NC2CCCCC2)N(CCO)C(=O)C(CO)NC(=O)OC(C)(C)C)c1C. The fraction of sp³-hybridized carbons (Fsp3) is 0.654. The molecule has 2 rings (SSSR count). The van der Waals surface area contributed by atoms with Gasteiger partial charge in [0.1, 0.15) is 17.7 Å². The van der Waals surface area contributed by atoms with Crippen LogP contribution in [0.5, 0.6) is 0 Å². The summed E-state index contributed by atoms with van der Waals surface area (Å²) in [6.45, 7) is 7.63. The van der Waals surface area contributed by atoms with Gasteiger partial charge in [-0.2, -0.15) is 0 Å². The molecule has 1 saturated carbocycles. The zero-order valence-electron chi connectivity index (χ0n) is 21.6. The number of nitrogens with zero attached hydrogens (tertiary/aromatic N) is 1. The first-order valence-electron chi connectivity index (χ1n) is 12.4. The van der Waals surface area contributed by atoms with Crippen LogP contribution in [0.1, 0.15) is 75.6 Å². The lowest BCUT2D eigenvalue weighted by Crippen LogP contribution is -2.55. The molecule has 4 N–H and O–H groups in total. The topological polar surface area (TPSA) is 128 Å². The summed E-state index contributed by atoms with van der Waals surface area (Å²) in [5, 5.41) is 25.2. The summed E-state index contributed by atoms with van der Waals surface area (Å²) in [5.41, 5.74) is 1.65. The van der Waals surface area contributed by atoms with Gasteiger partial charge in [-0.3, -0.25) is 9.59 Å². The van der Waals surface area contributed by atoms with Crippen LogP contribution in [-0.4, -0.2) is 70.5 Å². The average molecular weight is 492 g/mol. The van der Waals surface area contributed by atoms with E-state index in [1.807, 2.05) is 26.0 Å². The van der Waals surface area contributed by atoms with E-state index < -0.39 is 42.9 Å². The molecule has 0 saturated heterocycles. The average Bonchev–Trinajstić information content (AvgIpc) is 2.79. The molecule has 0 heterocycles. The van der Waals surface area contributed by atoms with Crippen molar-refractivity contribution in [1.82, 2.24) is 15.5 Å². The molecule has 9 heteroatoms. The first kappa shape index (κ1) is 28.6. The number of alkyl carbamates (subject to hydrolysis) is 1. The smallest absolute Gasteiger partial charge is 0.408 e. The highest BCUT2D eigenvalue weighted by atomic mass is 16.6. The molecule has 35 heavy (non-hydrogen) atoms. The van der Waals surface area contributed by atoms with Crippen LogP contribution in [0.15, 0.2) is 18.2 Å². The van der Waals surface area contributed by atoms with Crippen LogP contribution in [0.4, 0.5) is 4.79 Å². The zero-order chi connectivity index (χ0) is 26.2. The second-order valence-electron chi connectivity index (χ2n) is 10.2. The summed E-state index contributed by atoms with van der Waals surface area (Å²) in [6, 6.07) is 3.18. The molecule has 3 amide bonds. The number of aliphatic hydroxyl groups is 2. The van der Waals surface area contributed by atoms with Gasteiger partial charge in [0.05, 0.1) is 13.2 Å². The molecule has 196 valence electrons. The van der Waals surface area contributed by atoms with Crippen molar-refractivity contribution in [1.29, 1.82) is 0 Å². The van der Waals surface area contributed by atoms with E-state index in [4.69, 9.17) is 4.74 Å². The third-order valence-electron chi connectivity index (χ3n) is 6.25. The maximum absolute atomic E-state index is 13.7. The Morgan fingerprint density at radius 3 is 2.34 bits per heavy atom. The van der Waals surface area contributed by atoms with Gasteiger partial charge in [0.25, 0.3) is 0 Å². The minimum Gasteiger partial charge on any atom is -0.444 e. The zero-order valence-corrected chi connectivity index (χ0v) is 21.6. The van der Waals surface area contributed by atoms with E-state index >= 15 is 0 Å². The van der Waals surface area contributed by atoms with Gasteiger partial charge in [-0.05, 0) is 64.2 Å². The standard InChI is InChI=1S/C26H41N3O6/c1-17-10-9-13-20(18(17)2)22(23(32)27-19-11-7-6-8-12-19)29(14-15-30)24(33)21(16-31)28-25(34)35-26(3,4)5/h9-10,13,19,21-22,30-31H,6-8,11-12,14-16H2,1-5H3,(H,27,32)(H,28,34). The Kier molecular flexibility index (Phi) is 10.5. The summed E-state index contributed by atoms with van der Waals surface area (Å²) in [6.07, 6.45) is 4.09. The molecule has 0 aliphatic heterocycles. The number of aliphatic hydroxyl groups excluding tert-OH is 2. The van der Waals surface area contributed by atoms with Crippen LogP contribution in [0.3, 0.4) is 0 Å². The minimum absolute atomic E-state index is 0.0171. The van der Waals surface area contributed by atoms with Crippen LogP contribution >= 0.6 is 0 Å². The normalized spacial score (nSPS) is 16.2. The van der Waals surface area contributed by atoms with Gasteiger partial charge in [0, 0.05) is 12.6 Å². The molecular formula is C26H41N3O6. The van der Waals surface area contributed by atoms with E-state index in [-0.39, 0.29) is 18.5 Å². The number of rotatable bonds is 9. The lowest BCUT2D eigenvalue weighted by atomic mass is 9.92. The maximum atomic E-state index is 13.7. The summed E-state index contributed by atoms with van der Waals surface area (Å²) >= 11 is 0. The summed E-state index contributed by atoms with van der Waals surface area (Å²) in [4.78, 5) is 40.8. The van der Waals surface area contributed by atoms with Crippen molar-refractivity contribution >= 4 is 17.9 Å². The van der Waals surface area contributed by atoms with E-state index in [0.717, 1.165) is 43.2 Å². The third kappa shape index (κ3) is 8.21.